The van der Waals surface area contributed by atoms with E-state index in [1.165, 1.54) is 12.8 Å². The van der Waals surface area contributed by atoms with E-state index in [1.54, 1.807) is 0 Å². The van der Waals surface area contributed by atoms with E-state index in [0.29, 0.717) is 13.0 Å². The monoisotopic (exact) mass is 260 g/mol. The molecule has 1 N–H and O–H groups in total. The Labute approximate surface area is 105 Å². The van der Waals surface area contributed by atoms with Crippen LogP contribution in [0.3, 0.4) is 0 Å². The molecule has 0 bridgehead atoms. The van der Waals surface area contributed by atoms with Crippen LogP contribution in [0.15, 0.2) is 0 Å². The van der Waals surface area contributed by atoms with Crippen molar-refractivity contribution in [1.82, 2.24) is 4.72 Å². The fourth-order valence-corrected chi connectivity index (χ4v) is 2.71. The molecule has 0 atom stereocenters. The molecule has 0 aromatic rings. The maximum atomic E-state index is 11.5. The van der Waals surface area contributed by atoms with Crippen LogP contribution in [0.4, 0.5) is 0 Å². The first-order chi connectivity index (χ1) is 8.12. The Morgan fingerprint density at radius 2 is 1.76 bits per heavy atom. The molecule has 0 aliphatic rings. The quantitative estimate of drug-likeness (QED) is 0.580. The summed E-state index contributed by atoms with van der Waals surface area (Å²) in [7, 11) is -3.09. The lowest BCUT2D eigenvalue weighted by Gasteiger charge is -2.05. The first-order valence-electron chi connectivity index (χ1n) is 6.46. The molecule has 0 unspecified atom stereocenters. The number of unbranched alkanes of at least 4 members (excludes halogenated alkanes) is 6. The highest BCUT2D eigenvalue weighted by atomic mass is 32.2. The van der Waals surface area contributed by atoms with Gasteiger partial charge in [0.15, 0.2) is 0 Å². The van der Waals surface area contributed by atoms with E-state index in [9.17, 15) is 8.42 Å². The van der Waals surface area contributed by atoms with Crippen LogP contribution in [0.5, 0.6) is 0 Å². The Hall–Kier alpha value is -0.600. The molecule has 0 fully saturated rings. The molecule has 0 aromatic carbocycles. The zero-order valence-electron chi connectivity index (χ0n) is 10.7. The predicted molar refractivity (Wildman–Crippen MR) is 70.0 cm³/mol. The average molecular weight is 260 g/mol. The number of nitriles is 1. The van der Waals surface area contributed by atoms with Crippen molar-refractivity contribution < 1.29 is 8.42 Å². The predicted octanol–water partition coefficient (Wildman–Crippen LogP) is 2.57. The van der Waals surface area contributed by atoms with E-state index < -0.39 is 10.0 Å². The van der Waals surface area contributed by atoms with Gasteiger partial charge in [-0.1, -0.05) is 32.6 Å². The molecule has 17 heavy (non-hydrogen) atoms. The summed E-state index contributed by atoms with van der Waals surface area (Å²) in [5, 5.41) is 8.32. The SMILES string of the molecule is CCCCCCCS(=O)(=O)NCCCCC#N. The average Bonchev–Trinajstić information content (AvgIpc) is 2.28. The third kappa shape index (κ3) is 11.7. The van der Waals surface area contributed by atoms with E-state index in [2.05, 4.69) is 11.6 Å². The van der Waals surface area contributed by atoms with Crippen LogP contribution in [-0.4, -0.2) is 20.7 Å². The van der Waals surface area contributed by atoms with Crippen molar-refractivity contribution in [3.8, 4) is 6.07 Å². The largest absolute Gasteiger partial charge is 0.215 e. The lowest BCUT2D eigenvalue weighted by atomic mass is 10.2. The summed E-state index contributed by atoms with van der Waals surface area (Å²) in [5.74, 6) is 0.231. The molecule has 0 aromatic heterocycles. The van der Waals surface area contributed by atoms with Crippen LogP contribution in [0.1, 0.15) is 58.3 Å². The molecular formula is C12H24N2O2S. The number of hydrogen-bond acceptors (Lipinski definition) is 3. The molecule has 0 spiro atoms. The van der Waals surface area contributed by atoms with Crippen LogP contribution in [0.2, 0.25) is 0 Å². The molecule has 0 aliphatic carbocycles. The Morgan fingerprint density at radius 1 is 1.06 bits per heavy atom. The van der Waals surface area contributed by atoms with Gasteiger partial charge in [-0.05, 0) is 19.3 Å². The maximum absolute atomic E-state index is 11.5. The zero-order chi connectivity index (χ0) is 13.0. The Bertz CT molecular complexity index is 307. The molecule has 0 amide bonds. The van der Waals surface area contributed by atoms with E-state index in [4.69, 9.17) is 5.26 Å². The van der Waals surface area contributed by atoms with Gasteiger partial charge in [-0.25, -0.2) is 13.1 Å². The van der Waals surface area contributed by atoms with Gasteiger partial charge in [0.05, 0.1) is 11.8 Å². The van der Waals surface area contributed by atoms with E-state index in [1.807, 2.05) is 6.07 Å². The molecule has 0 rings (SSSR count). The molecular weight excluding hydrogens is 236 g/mol. The highest BCUT2D eigenvalue weighted by Gasteiger charge is 2.08. The maximum Gasteiger partial charge on any atom is 0.211 e. The fraction of sp³-hybridized carbons (Fsp3) is 0.917. The second-order valence-electron chi connectivity index (χ2n) is 4.24. The highest BCUT2D eigenvalue weighted by molar-refractivity contribution is 7.89. The van der Waals surface area contributed by atoms with E-state index in [-0.39, 0.29) is 5.75 Å². The minimum absolute atomic E-state index is 0.231. The van der Waals surface area contributed by atoms with Gasteiger partial charge < -0.3 is 0 Å². The van der Waals surface area contributed by atoms with Crippen molar-refractivity contribution in [1.29, 1.82) is 5.26 Å². The van der Waals surface area contributed by atoms with Gasteiger partial charge >= 0.3 is 0 Å². The summed E-state index contributed by atoms with van der Waals surface area (Å²) in [6.07, 6.45) is 7.20. The lowest BCUT2D eigenvalue weighted by Crippen LogP contribution is -2.27. The van der Waals surface area contributed by atoms with Gasteiger partial charge in [0.1, 0.15) is 0 Å². The Morgan fingerprint density at radius 3 is 2.41 bits per heavy atom. The van der Waals surface area contributed by atoms with E-state index >= 15 is 0 Å². The summed E-state index contributed by atoms with van der Waals surface area (Å²) in [5.41, 5.74) is 0. The van der Waals surface area contributed by atoms with Crippen LogP contribution < -0.4 is 4.72 Å². The molecule has 0 aliphatic heterocycles. The van der Waals surface area contributed by atoms with Gasteiger partial charge in [0, 0.05) is 13.0 Å². The second-order valence-corrected chi connectivity index (χ2v) is 6.17. The van der Waals surface area contributed by atoms with E-state index in [0.717, 1.165) is 32.1 Å². The lowest BCUT2D eigenvalue weighted by molar-refractivity contribution is 0.569. The second kappa shape index (κ2) is 10.5. The van der Waals surface area contributed by atoms with Gasteiger partial charge in [0.2, 0.25) is 10.0 Å². The molecule has 5 heteroatoms. The van der Waals surface area contributed by atoms with Crippen molar-refractivity contribution in [3.05, 3.63) is 0 Å². The van der Waals surface area contributed by atoms with Crippen LogP contribution >= 0.6 is 0 Å². The fourth-order valence-electron chi connectivity index (χ4n) is 1.52. The Kier molecular flexibility index (Phi) is 10.2. The molecule has 4 nitrogen and oxygen atoms in total. The number of nitrogens with zero attached hydrogens (tertiary/aromatic N) is 1. The number of rotatable bonds is 11. The van der Waals surface area contributed by atoms with Crippen LogP contribution in [0.25, 0.3) is 0 Å². The topological polar surface area (TPSA) is 70.0 Å². The van der Waals surface area contributed by atoms with Crippen molar-refractivity contribution in [2.75, 3.05) is 12.3 Å². The number of hydrogen-bond donors (Lipinski definition) is 1. The molecule has 0 saturated carbocycles. The summed E-state index contributed by atoms with van der Waals surface area (Å²) in [4.78, 5) is 0. The first kappa shape index (κ1) is 16.4. The molecule has 0 radical (unpaired) electrons. The first-order valence-corrected chi connectivity index (χ1v) is 8.12. The summed E-state index contributed by atoms with van der Waals surface area (Å²) in [6.45, 7) is 2.60. The zero-order valence-corrected chi connectivity index (χ0v) is 11.6. The standard InChI is InChI=1S/C12H24N2O2S/c1-2-3-4-5-9-12-17(15,16)14-11-8-6-7-10-13/h14H,2-9,11-12H2,1H3. The molecule has 100 valence electrons. The molecule has 0 saturated heterocycles. The smallest absolute Gasteiger partial charge is 0.211 e. The third-order valence-corrected chi connectivity index (χ3v) is 4.02. The van der Waals surface area contributed by atoms with Gasteiger partial charge in [-0.3, -0.25) is 0 Å². The highest BCUT2D eigenvalue weighted by Crippen LogP contribution is 2.04. The van der Waals surface area contributed by atoms with Crippen LogP contribution in [0, 0.1) is 11.3 Å². The normalized spacial score (nSPS) is 11.3. The van der Waals surface area contributed by atoms with Crippen molar-refractivity contribution in [2.24, 2.45) is 0 Å². The molecule has 0 heterocycles. The van der Waals surface area contributed by atoms with Crippen LogP contribution in [-0.2, 0) is 10.0 Å². The van der Waals surface area contributed by atoms with Crippen molar-refractivity contribution in [2.45, 2.75) is 58.3 Å². The minimum atomic E-state index is -3.09. The van der Waals surface area contributed by atoms with Gasteiger partial charge in [0.25, 0.3) is 0 Å². The van der Waals surface area contributed by atoms with Crippen molar-refractivity contribution >= 4 is 10.0 Å². The van der Waals surface area contributed by atoms with Gasteiger partial charge in [-0.2, -0.15) is 5.26 Å². The van der Waals surface area contributed by atoms with Crippen molar-refractivity contribution in [3.63, 3.8) is 0 Å². The number of nitrogens with one attached hydrogen (secondary N) is 1. The number of sulfonamides is 1. The van der Waals surface area contributed by atoms with Gasteiger partial charge in [-0.15, -0.1) is 0 Å². The summed E-state index contributed by atoms with van der Waals surface area (Å²) in [6, 6.07) is 2.04. The minimum Gasteiger partial charge on any atom is -0.215 e. The summed E-state index contributed by atoms with van der Waals surface area (Å²) >= 11 is 0. The Balaban J connectivity index is 3.49. The third-order valence-electron chi connectivity index (χ3n) is 2.55. The summed E-state index contributed by atoms with van der Waals surface area (Å²) < 4.78 is 25.6.